The second-order valence-corrected chi connectivity index (χ2v) is 18.0. The van der Waals surface area contributed by atoms with Crippen molar-refractivity contribution in [2.24, 2.45) is 5.11 Å². The lowest BCUT2D eigenvalue weighted by atomic mass is 9.97. The first kappa shape index (κ1) is 52.5. The van der Waals surface area contributed by atoms with Crippen molar-refractivity contribution in [3.63, 3.8) is 0 Å². The van der Waals surface area contributed by atoms with Crippen LogP contribution in [0.25, 0.3) is 65.2 Å². The van der Waals surface area contributed by atoms with Crippen molar-refractivity contribution in [1.82, 2.24) is 19.9 Å². The molecule has 2 heterocycles. The molecule has 78 heavy (non-hydrogen) atoms. The van der Waals surface area contributed by atoms with Gasteiger partial charge in [-0.2, -0.15) is 0 Å². The molecule has 10 aromatic rings. The lowest BCUT2D eigenvalue weighted by Gasteiger charge is -2.15. The van der Waals surface area contributed by atoms with E-state index in [1.807, 2.05) is 109 Å². The van der Waals surface area contributed by atoms with Gasteiger partial charge in [-0.15, -0.1) is 0 Å². The molecule has 14 nitrogen and oxygen atoms in total. The molecule has 0 amide bonds. The number of aromatic amines is 2. The summed E-state index contributed by atoms with van der Waals surface area (Å²) in [6.45, 7) is 20.2. The number of aliphatic hydroxyl groups is 1. The van der Waals surface area contributed by atoms with E-state index in [4.69, 9.17) is 37.6 Å². The second kappa shape index (κ2) is 25.7. The molecule has 0 unspecified atom stereocenters. The Morgan fingerprint density at radius 1 is 0.500 bits per heavy atom. The minimum atomic E-state index is -0.130. The maximum Gasteiger partial charge on any atom is 0.187 e. The summed E-state index contributed by atoms with van der Waals surface area (Å²) >= 11 is 0. The minimum Gasteiger partial charge on any atom is -0.489 e. The Kier molecular flexibility index (Phi) is 17.3. The Morgan fingerprint density at radius 3 is 1.41 bits per heavy atom. The molecule has 0 bridgehead atoms. The van der Waals surface area contributed by atoms with Crippen molar-refractivity contribution in [2.75, 3.05) is 0 Å². The lowest BCUT2D eigenvalue weighted by Crippen LogP contribution is -2.01. The zero-order valence-corrected chi connectivity index (χ0v) is 42.9. The van der Waals surface area contributed by atoms with Gasteiger partial charge >= 0.3 is 0 Å². The molecule has 0 fully saturated rings. The fraction of sp³-hybridized carbons (Fsp3) is 0.125. The zero-order chi connectivity index (χ0) is 54.1. The second-order valence-electron chi connectivity index (χ2n) is 18.0. The zero-order valence-electron chi connectivity index (χ0n) is 42.9. The number of hydrogen-bond donors (Lipinski definition) is 3. The Hall–Kier alpha value is -10.4. The summed E-state index contributed by atoms with van der Waals surface area (Å²) < 4.78 is 24.9. The van der Waals surface area contributed by atoms with E-state index >= 15 is 0 Å². The largest absolute Gasteiger partial charge is 0.489 e. The van der Waals surface area contributed by atoms with Gasteiger partial charge in [-0.05, 0) is 111 Å². The Labute approximate surface area is 452 Å². The number of H-pyrrole nitrogens is 2. The van der Waals surface area contributed by atoms with Gasteiger partial charge in [-0.3, -0.25) is 0 Å². The molecule has 384 valence electrons. The first-order valence-electron chi connectivity index (χ1n) is 25.0. The van der Waals surface area contributed by atoms with Crippen LogP contribution in [0.1, 0.15) is 44.8 Å². The van der Waals surface area contributed by atoms with Crippen molar-refractivity contribution in [1.29, 1.82) is 0 Å². The van der Waals surface area contributed by atoms with E-state index in [0.29, 0.717) is 70.6 Å². The standard InChI is InChI=1S/C32H26N6O2.C32H27N3O3/c1-22-25(11-7-13-29(22)24-9-4-3-5-10-24)21-39-28-14-15-30(32-35-18-27(37-32)19-36-38-33)31(17-28)40-20-23-8-6-12-26(16-23)34-2;1-22-25(11-7-13-29(22)24-9-4-3-5-10-24)21-37-28-14-15-30(32-34-18-27(19-36)35-32)31(17-28)38-20-23-8-6-12-26(16-23)33-2/h3-18H,19-21H2,1H3,(H,35,37);3-18,36H,19-21H2,1H3,(H,34,35). The van der Waals surface area contributed by atoms with E-state index in [-0.39, 0.29) is 26.4 Å². The van der Waals surface area contributed by atoms with Gasteiger partial charge in [0.2, 0.25) is 0 Å². The smallest absolute Gasteiger partial charge is 0.187 e. The van der Waals surface area contributed by atoms with Crippen molar-refractivity contribution in [2.45, 2.75) is 53.4 Å². The monoisotopic (exact) mass is 1030 g/mol. The first-order valence-corrected chi connectivity index (χ1v) is 25.0. The Bertz CT molecular complexity index is 3800. The molecule has 0 radical (unpaired) electrons. The molecule has 0 aliphatic rings. The van der Waals surface area contributed by atoms with Crippen LogP contribution in [0.3, 0.4) is 0 Å². The van der Waals surface area contributed by atoms with Crippen molar-refractivity contribution >= 4 is 11.4 Å². The number of nitrogens with zero attached hydrogens (tertiary/aromatic N) is 7. The Morgan fingerprint density at radius 2 is 0.962 bits per heavy atom. The molecule has 0 atom stereocenters. The quantitative estimate of drug-likeness (QED) is 0.0313. The molecule has 0 spiro atoms. The number of rotatable bonds is 19. The van der Waals surface area contributed by atoms with Gasteiger partial charge in [-0.1, -0.05) is 139 Å². The van der Waals surface area contributed by atoms with Gasteiger partial charge in [0.1, 0.15) is 61.1 Å². The number of benzene rings is 8. The van der Waals surface area contributed by atoms with E-state index in [2.05, 4.69) is 108 Å². The van der Waals surface area contributed by atoms with Crippen LogP contribution in [0.15, 0.2) is 199 Å². The average molecular weight is 1030 g/mol. The van der Waals surface area contributed by atoms with E-state index in [1.165, 1.54) is 33.4 Å². The number of aromatic nitrogens is 4. The maximum atomic E-state index is 9.46. The third-order valence-electron chi connectivity index (χ3n) is 12.9. The minimum absolute atomic E-state index is 0.130. The molecule has 0 aliphatic heterocycles. The fourth-order valence-corrected chi connectivity index (χ4v) is 8.69. The number of ether oxygens (including phenoxy) is 4. The molecule has 2 aromatic heterocycles. The third kappa shape index (κ3) is 13.3. The predicted molar refractivity (Wildman–Crippen MR) is 303 cm³/mol. The van der Waals surface area contributed by atoms with Crippen LogP contribution in [0.5, 0.6) is 23.0 Å². The molecular formula is C64H53N9O5. The molecule has 0 aliphatic carbocycles. The highest BCUT2D eigenvalue weighted by Gasteiger charge is 2.16. The fourth-order valence-electron chi connectivity index (χ4n) is 8.69. The summed E-state index contributed by atoms with van der Waals surface area (Å²) in [5.74, 6) is 3.66. The van der Waals surface area contributed by atoms with Gasteiger partial charge in [0.25, 0.3) is 0 Å². The molecule has 8 aromatic carbocycles. The SMILES string of the molecule is [C-]#[N+]c1cccc(COc2cc(OCc3cccc(-c4ccccc4)c3C)ccc2-c2ncc(CN=[N+]=[N-])[nH]2)c1.[C-]#[N+]c1cccc(COc2cc(OCc3cccc(-c4ccccc4)c3C)ccc2-c2ncc(CO)[nH]2)c1. The normalized spacial score (nSPS) is 10.5. The number of imidazole rings is 2. The van der Waals surface area contributed by atoms with Gasteiger partial charge in [0.05, 0.1) is 49.3 Å². The van der Waals surface area contributed by atoms with Crippen molar-refractivity contribution in [3.05, 3.63) is 272 Å². The molecule has 0 saturated heterocycles. The van der Waals surface area contributed by atoms with E-state index in [0.717, 1.165) is 33.4 Å². The number of nitrogens with one attached hydrogen (secondary N) is 2. The molecule has 14 heteroatoms. The first-order chi connectivity index (χ1) is 38.3. The van der Waals surface area contributed by atoms with Crippen LogP contribution < -0.4 is 18.9 Å². The van der Waals surface area contributed by atoms with Gasteiger partial charge in [0.15, 0.2) is 11.4 Å². The van der Waals surface area contributed by atoms with Crippen molar-refractivity contribution < 1.29 is 24.1 Å². The highest BCUT2D eigenvalue weighted by molar-refractivity contribution is 5.70. The van der Waals surface area contributed by atoms with E-state index < -0.39 is 0 Å². The maximum absolute atomic E-state index is 9.46. The summed E-state index contributed by atoms with van der Waals surface area (Å²) in [4.78, 5) is 25.0. The summed E-state index contributed by atoms with van der Waals surface area (Å²) in [6.07, 6.45) is 3.24. The predicted octanol–water partition coefficient (Wildman–Crippen LogP) is 15.8. The number of aliphatic hydroxyl groups excluding tert-OH is 1. The highest BCUT2D eigenvalue weighted by atomic mass is 16.5. The number of azide groups is 1. The average Bonchev–Trinajstić information content (AvgIpc) is 4.20. The molecule has 3 N–H and O–H groups in total. The topological polar surface area (TPSA) is 172 Å². The lowest BCUT2D eigenvalue weighted by molar-refractivity contribution is 0.277. The van der Waals surface area contributed by atoms with Crippen molar-refractivity contribution in [3.8, 4) is 68.0 Å². The highest BCUT2D eigenvalue weighted by Crippen LogP contribution is 2.36. The Balaban J connectivity index is 0.000000190. The van der Waals surface area contributed by atoms with E-state index in [9.17, 15) is 5.11 Å². The van der Waals surface area contributed by atoms with Gasteiger partial charge in [0, 0.05) is 28.9 Å². The van der Waals surface area contributed by atoms with Crippen LogP contribution in [-0.4, -0.2) is 25.0 Å². The summed E-state index contributed by atoms with van der Waals surface area (Å²) in [5, 5.41) is 13.1. The van der Waals surface area contributed by atoms with Crippen LogP contribution in [0.4, 0.5) is 11.4 Å². The van der Waals surface area contributed by atoms with Crippen LogP contribution in [0.2, 0.25) is 0 Å². The van der Waals surface area contributed by atoms with E-state index in [1.54, 1.807) is 30.6 Å². The number of hydrogen-bond acceptors (Lipinski definition) is 8. The summed E-state index contributed by atoms with van der Waals surface area (Å²) in [6, 6.07) is 59.1. The molecule has 0 saturated carbocycles. The summed E-state index contributed by atoms with van der Waals surface area (Å²) in [5.41, 5.74) is 23.6. The molecular weight excluding hydrogens is 975 g/mol. The van der Waals surface area contributed by atoms with Crippen LogP contribution in [-0.2, 0) is 39.6 Å². The van der Waals surface area contributed by atoms with Crippen LogP contribution in [0, 0.1) is 27.0 Å². The molecule has 10 rings (SSSR count). The van der Waals surface area contributed by atoms with Gasteiger partial charge < -0.3 is 34.0 Å². The van der Waals surface area contributed by atoms with Gasteiger partial charge in [-0.25, -0.2) is 19.7 Å². The van der Waals surface area contributed by atoms with Crippen LogP contribution >= 0.6 is 0 Å². The summed E-state index contributed by atoms with van der Waals surface area (Å²) in [7, 11) is 0. The third-order valence-corrected chi connectivity index (χ3v) is 12.9.